The van der Waals surface area contributed by atoms with Crippen molar-refractivity contribution in [3.8, 4) is 0 Å². The number of nitrogens with one attached hydrogen (secondary N) is 1. The topological polar surface area (TPSA) is 98.3 Å². The molecule has 3 N–H and O–H groups in total. The number of nitrogens with two attached hydrogens (primary N) is 1. The summed E-state index contributed by atoms with van der Waals surface area (Å²) in [5, 5.41) is 13.2. The molecule has 0 radical (unpaired) electrons. The third-order valence-corrected chi connectivity index (χ3v) is 2.98. The van der Waals surface area contributed by atoms with Gasteiger partial charge in [0, 0.05) is 11.6 Å². The summed E-state index contributed by atoms with van der Waals surface area (Å²) in [6, 6.07) is 7.13. The Kier molecular flexibility index (Phi) is 4.04. The Labute approximate surface area is 123 Å². The normalized spacial score (nSPS) is 10.2. The van der Waals surface area contributed by atoms with Gasteiger partial charge in [0.25, 0.3) is 11.6 Å². The molecule has 0 fully saturated rings. The number of hydrogen-bond donors (Lipinski definition) is 2. The van der Waals surface area contributed by atoms with Crippen LogP contribution in [0.5, 0.6) is 0 Å². The number of anilines is 2. The van der Waals surface area contributed by atoms with Gasteiger partial charge < -0.3 is 11.1 Å². The minimum atomic E-state index is -0.684. The Hall–Kier alpha value is -2.67. The molecule has 1 amide bonds. The average molecular weight is 310 g/mol. The van der Waals surface area contributed by atoms with E-state index in [-0.39, 0.29) is 27.6 Å². The monoisotopic (exact) mass is 309 g/mol. The Morgan fingerprint density at radius 1 is 1.29 bits per heavy atom. The van der Waals surface area contributed by atoms with Gasteiger partial charge in [0.2, 0.25) is 0 Å². The summed E-state index contributed by atoms with van der Waals surface area (Å²) in [6.45, 7) is 0. The van der Waals surface area contributed by atoms with Crippen LogP contribution in [0.15, 0.2) is 36.4 Å². The van der Waals surface area contributed by atoms with Crippen LogP contribution in [0.2, 0.25) is 5.02 Å². The average Bonchev–Trinajstić information content (AvgIpc) is 2.42. The van der Waals surface area contributed by atoms with Crippen LogP contribution in [-0.2, 0) is 0 Å². The lowest BCUT2D eigenvalue weighted by Gasteiger charge is -2.07. The zero-order valence-corrected chi connectivity index (χ0v) is 11.2. The van der Waals surface area contributed by atoms with Gasteiger partial charge in [-0.05, 0) is 30.3 Å². The highest BCUT2D eigenvalue weighted by molar-refractivity contribution is 6.33. The highest BCUT2D eigenvalue weighted by Gasteiger charge is 2.16. The van der Waals surface area contributed by atoms with E-state index in [2.05, 4.69) is 5.32 Å². The Bertz CT molecular complexity index is 737. The molecule has 0 saturated heterocycles. The van der Waals surface area contributed by atoms with Crippen molar-refractivity contribution in [1.82, 2.24) is 0 Å². The molecule has 0 aromatic heterocycles. The summed E-state index contributed by atoms with van der Waals surface area (Å²) in [4.78, 5) is 22.1. The molecule has 0 unspecified atom stereocenters. The Morgan fingerprint density at radius 2 is 2.00 bits per heavy atom. The van der Waals surface area contributed by atoms with Crippen LogP contribution in [0.4, 0.5) is 21.5 Å². The van der Waals surface area contributed by atoms with Crippen molar-refractivity contribution in [3.63, 3.8) is 0 Å². The molecule has 21 heavy (non-hydrogen) atoms. The van der Waals surface area contributed by atoms with E-state index < -0.39 is 16.6 Å². The highest BCUT2D eigenvalue weighted by Crippen LogP contribution is 2.25. The quantitative estimate of drug-likeness (QED) is 0.516. The van der Waals surface area contributed by atoms with Crippen molar-refractivity contribution < 1.29 is 14.1 Å². The van der Waals surface area contributed by atoms with Gasteiger partial charge in [-0.3, -0.25) is 14.9 Å². The SMILES string of the molecule is Nc1ccc(C(=O)Nc2ccc(F)cc2Cl)cc1[N+](=O)[O-]. The highest BCUT2D eigenvalue weighted by atomic mass is 35.5. The fourth-order valence-corrected chi connectivity index (χ4v) is 1.84. The first-order chi connectivity index (χ1) is 9.88. The van der Waals surface area contributed by atoms with Crippen LogP contribution in [-0.4, -0.2) is 10.8 Å². The van der Waals surface area contributed by atoms with Crippen molar-refractivity contribution in [2.75, 3.05) is 11.1 Å². The second kappa shape index (κ2) is 5.76. The number of benzene rings is 2. The van der Waals surface area contributed by atoms with Gasteiger partial charge in [-0.15, -0.1) is 0 Å². The first-order valence-corrected chi connectivity index (χ1v) is 6.06. The molecule has 6 nitrogen and oxygen atoms in total. The lowest BCUT2D eigenvalue weighted by atomic mass is 10.1. The predicted octanol–water partition coefficient (Wildman–Crippen LogP) is 3.22. The van der Waals surface area contributed by atoms with Crippen LogP contribution in [0.25, 0.3) is 0 Å². The zero-order chi connectivity index (χ0) is 15.6. The number of halogens is 2. The zero-order valence-electron chi connectivity index (χ0n) is 10.5. The minimum Gasteiger partial charge on any atom is -0.393 e. The number of hydrogen-bond acceptors (Lipinski definition) is 4. The van der Waals surface area contributed by atoms with Crippen molar-refractivity contribution in [3.05, 3.63) is 62.9 Å². The van der Waals surface area contributed by atoms with Crippen molar-refractivity contribution >= 4 is 34.6 Å². The summed E-state index contributed by atoms with van der Waals surface area (Å²) in [6.07, 6.45) is 0. The van der Waals surface area contributed by atoms with Gasteiger partial charge in [-0.25, -0.2) is 4.39 Å². The molecule has 0 saturated carbocycles. The molecule has 0 aliphatic carbocycles. The van der Waals surface area contributed by atoms with Crippen LogP contribution >= 0.6 is 11.6 Å². The maximum Gasteiger partial charge on any atom is 0.292 e. The van der Waals surface area contributed by atoms with Gasteiger partial charge >= 0.3 is 0 Å². The van der Waals surface area contributed by atoms with E-state index >= 15 is 0 Å². The number of amides is 1. The number of carbonyl (C=O) groups excluding carboxylic acids is 1. The van der Waals surface area contributed by atoms with Gasteiger partial charge in [0.1, 0.15) is 11.5 Å². The Morgan fingerprint density at radius 3 is 2.62 bits per heavy atom. The maximum absolute atomic E-state index is 12.9. The molecule has 2 rings (SSSR count). The number of nitro groups is 1. The van der Waals surface area contributed by atoms with E-state index in [0.29, 0.717) is 0 Å². The number of nitro benzene ring substituents is 1. The Balaban J connectivity index is 2.28. The summed E-state index contributed by atoms with van der Waals surface area (Å²) in [7, 11) is 0. The second-order valence-electron chi connectivity index (χ2n) is 4.11. The molecule has 2 aromatic rings. The lowest BCUT2D eigenvalue weighted by Crippen LogP contribution is -2.13. The number of nitrogens with zero attached hydrogens (tertiary/aromatic N) is 1. The van der Waals surface area contributed by atoms with Crippen LogP contribution in [0, 0.1) is 15.9 Å². The molecule has 8 heteroatoms. The van der Waals surface area contributed by atoms with Gasteiger partial charge in [0.05, 0.1) is 15.6 Å². The molecule has 0 aliphatic rings. The molecule has 0 bridgehead atoms. The first kappa shape index (κ1) is 14.7. The number of carbonyl (C=O) groups is 1. The number of nitrogen functional groups attached to an aromatic ring is 1. The number of rotatable bonds is 3. The van der Waals surface area contributed by atoms with Gasteiger partial charge in [-0.1, -0.05) is 11.6 Å². The summed E-state index contributed by atoms with van der Waals surface area (Å²) in [5.74, 6) is -1.16. The predicted molar refractivity (Wildman–Crippen MR) is 76.9 cm³/mol. The molecule has 2 aromatic carbocycles. The van der Waals surface area contributed by atoms with Crippen LogP contribution in [0.3, 0.4) is 0 Å². The smallest absolute Gasteiger partial charge is 0.292 e. The van der Waals surface area contributed by atoms with Crippen molar-refractivity contribution in [2.24, 2.45) is 0 Å². The third kappa shape index (κ3) is 3.26. The van der Waals surface area contributed by atoms with Crippen molar-refractivity contribution in [2.45, 2.75) is 0 Å². The summed E-state index contributed by atoms with van der Waals surface area (Å²) < 4.78 is 12.9. The largest absolute Gasteiger partial charge is 0.393 e. The van der Waals surface area contributed by atoms with Gasteiger partial charge in [0.15, 0.2) is 0 Å². The van der Waals surface area contributed by atoms with E-state index in [1.54, 1.807) is 0 Å². The van der Waals surface area contributed by atoms with E-state index in [9.17, 15) is 19.3 Å². The molecular formula is C13H9ClFN3O3. The summed E-state index contributed by atoms with van der Waals surface area (Å²) in [5.41, 5.74) is 5.27. The lowest BCUT2D eigenvalue weighted by molar-refractivity contribution is -0.383. The molecule has 0 atom stereocenters. The molecule has 0 spiro atoms. The molecular weight excluding hydrogens is 301 g/mol. The van der Waals surface area contributed by atoms with E-state index in [1.807, 2.05) is 0 Å². The molecule has 108 valence electrons. The van der Waals surface area contributed by atoms with Crippen LogP contribution < -0.4 is 11.1 Å². The summed E-state index contributed by atoms with van der Waals surface area (Å²) >= 11 is 5.79. The third-order valence-electron chi connectivity index (χ3n) is 2.67. The van der Waals surface area contributed by atoms with E-state index in [4.69, 9.17) is 17.3 Å². The minimum absolute atomic E-state index is 0.0216. The van der Waals surface area contributed by atoms with Crippen molar-refractivity contribution in [1.29, 1.82) is 0 Å². The standard InChI is InChI=1S/C13H9ClFN3O3/c14-9-6-8(15)2-4-11(9)17-13(19)7-1-3-10(16)12(5-7)18(20)21/h1-6H,16H2,(H,17,19). The van der Waals surface area contributed by atoms with E-state index in [0.717, 1.165) is 18.2 Å². The first-order valence-electron chi connectivity index (χ1n) is 5.69. The second-order valence-corrected chi connectivity index (χ2v) is 4.52. The fraction of sp³-hybridized carbons (Fsp3) is 0. The van der Waals surface area contributed by atoms with E-state index in [1.165, 1.54) is 18.2 Å². The fourth-order valence-electron chi connectivity index (χ4n) is 1.63. The van der Waals surface area contributed by atoms with Crippen LogP contribution in [0.1, 0.15) is 10.4 Å². The molecule has 0 heterocycles. The molecule has 0 aliphatic heterocycles. The maximum atomic E-state index is 12.9. The van der Waals surface area contributed by atoms with Gasteiger partial charge in [-0.2, -0.15) is 0 Å².